The van der Waals surface area contributed by atoms with Crippen LogP contribution in [-0.4, -0.2) is 9.97 Å². The summed E-state index contributed by atoms with van der Waals surface area (Å²) in [5, 5.41) is 0. The van der Waals surface area contributed by atoms with E-state index in [0.29, 0.717) is 5.69 Å². The Hall–Kier alpha value is -1.12. The number of aromatic nitrogens is 2. The smallest absolute Gasteiger partial charge is 0.128 e. The zero-order valence-electron chi connectivity index (χ0n) is 11.5. The van der Waals surface area contributed by atoms with E-state index in [1.165, 1.54) is 32.1 Å². The summed E-state index contributed by atoms with van der Waals surface area (Å²) in [4.78, 5) is 8.69. The maximum atomic E-state index is 5.64. The summed E-state index contributed by atoms with van der Waals surface area (Å²) in [6, 6.07) is 0. The van der Waals surface area contributed by atoms with Crippen LogP contribution in [0.4, 0.5) is 5.69 Å². The molecule has 0 aromatic carbocycles. The summed E-state index contributed by atoms with van der Waals surface area (Å²) in [6.07, 6.45) is 13.4. The first-order valence-electron chi connectivity index (χ1n) is 7.84. The van der Waals surface area contributed by atoms with E-state index in [9.17, 15) is 0 Å². The molecule has 0 saturated heterocycles. The van der Waals surface area contributed by atoms with Crippen LogP contribution in [0, 0.1) is 29.6 Å². The van der Waals surface area contributed by atoms with Gasteiger partial charge in [-0.25, -0.2) is 9.97 Å². The predicted octanol–water partition coefficient (Wildman–Crippen LogP) is 3.06. The minimum atomic E-state index is 0.665. The van der Waals surface area contributed by atoms with Gasteiger partial charge in [-0.2, -0.15) is 0 Å². The summed E-state index contributed by atoms with van der Waals surface area (Å²) >= 11 is 0. The maximum Gasteiger partial charge on any atom is 0.128 e. The zero-order chi connectivity index (χ0) is 12.8. The van der Waals surface area contributed by atoms with E-state index in [4.69, 9.17) is 5.73 Å². The number of nitrogens with zero attached hydrogens (tertiary/aromatic N) is 2. The number of hydrogen-bond donors (Lipinski definition) is 1. The van der Waals surface area contributed by atoms with Crippen LogP contribution >= 0.6 is 0 Å². The lowest BCUT2D eigenvalue weighted by atomic mass is 9.51. The quantitative estimate of drug-likeness (QED) is 0.905. The number of rotatable bonds is 3. The molecule has 0 aliphatic heterocycles. The Morgan fingerprint density at radius 1 is 0.947 bits per heavy atom. The lowest BCUT2D eigenvalue weighted by molar-refractivity contribution is -0.0395. The third-order valence-corrected chi connectivity index (χ3v) is 5.85. The monoisotopic (exact) mass is 257 g/mol. The lowest BCUT2D eigenvalue weighted by Crippen LogP contribution is -2.45. The van der Waals surface area contributed by atoms with Crippen LogP contribution in [0.15, 0.2) is 12.4 Å². The SMILES string of the molecule is Nc1cnc(CCC2C3CC4CC(C3)CC2C4)nc1. The molecule has 1 aromatic rings. The molecule has 0 spiro atoms. The first-order chi connectivity index (χ1) is 9.28. The molecule has 4 bridgehead atoms. The third-order valence-electron chi connectivity index (χ3n) is 5.85. The van der Waals surface area contributed by atoms with E-state index < -0.39 is 0 Å². The minimum absolute atomic E-state index is 0.665. The Morgan fingerprint density at radius 2 is 1.53 bits per heavy atom. The number of nitrogens with two attached hydrogens (primary N) is 1. The van der Waals surface area contributed by atoms with Crippen molar-refractivity contribution in [1.29, 1.82) is 0 Å². The van der Waals surface area contributed by atoms with Crippen molar-refractivity contribution in [2.45, 2.75) is 44.9 Å². The Bertz CT molecular complexity index is 426. The van der Waals surface area contributed by atoms with Gasteiger partial charge in [0.2, 0.25) is 0 Å². The molecule has 3 nitrogen and oxygen atoms in total. The molecule has 0 unspecified atom stereocenters. The highest BCUT2D eigenvalue weighted by Gasteiger charge is 2.47. The zero-order valence-corrected chi connectivity index (χ0v) is 11.5. The van der Waals surface area contributed by atoms with Crippen LogP contribution < -0.4 is 5.73 Å². The summed E-state index contributed by atoms with van der Waals surface area (Å²) in [5.41, 5.74) is 6.30. The number of anilines is 1. The summed E-state index contributed by atoms with van der Waals surface area (Å²) < 4.78 is 0. The molecule has 3 heteroatoms. The van der Waals surface area contributed by atoms with Crippen molar-refractivity contribution in [2.24, 2.45) is 29.6 Å². The van der Waals surface area contributed by atoms with Crippen LogP contribution in [0.3, 0.4) is 0 Å². The Balaban J connectivity index is 1.42. The second-order valence-electron chi connectivity index (χ2n) is 7.07. The van der Waals surface area contributed by atoms with Crippen LogP contribution in [0.2, 0.25) is 0 Å². The molecule has 1 heterocycles. The summed E-state index contributed by atoms with van der Waals surface area (Å²) in [5.74, 6) is 6.12. The van der Waals surface area contributed by atoms with Crippen LogP contribution in [-0.2, 0) is 6.42 Å². The van der Waals surface area contributed by atoms with Crippen LogP contribution in [0.5, 0.6) is 0 Å². The van der Waals surface area contributed by atoms with E-state index in [-0.39, 0.29) is 0 Å². The highest BCUT2D eigenvalue weighted by molar-refractivity contribution is 5.30. The lowest BCUT2D eigenvalue weighted by Gasteiger charge is -2.54. The van der Waals surface area contributed by atoms with Gasteiger partial charge in [0.25, 0.3) is 0 Å². The van der Waals surface area contributed by atoms with Gasteiger partial charge in [0.05, 0.1) is 18.1 Å². The third kappa shape index (κ3) is 2.13. The molecule has 102 valence electrons. The standard InChI is InChI=1S/C16H23N3/c17-14-8-18-16(19-9-14)2-1-15-12-4-10-3-11(6-12)7-13(15)5-10/h8-13,15H,1-7,17H2. The molecule has 0 radical (unpaired) electrons. The molecule has 4 saturated carbocycles. The van der Waals surface area contributed by atoms with Gasteiger partial charge in [0.15, 0.2) is 0 Å². The van der Waals surface area contributed by atoms with Crippen molar-refractivity contribution >= 4 is 5.69 Å². The second-order valence-corrected chi connectivity index (χ2v) is 7.07. The molecule has 2 N–H and O–H groups in total. The van der Waals surface area contributed by atoms with Gasteiger partial charge in [-0.3, -0.25) is 0 Å². The number of nitrogen functional groups attached to an aromatic ring is 1. The first kappa shape index (κ1) is 11.7. The summed E-state index contributed by atoms with van der Waals surface area (Å²) in [6.45, 7) is 0. The normalized spacial score (nSPS) is 39.7. The van der Waals surface area contributed by atoms with E-state index in [1.807, 2.05) is 0 Å². The largest absolute Gasteiger partial charge is 0.396 e. The van der Waals surface area contributed by atoms with E-state index >= 15 is 0 Å². The highest BCUT2D eigenvalue weighted by Crippen LogP contribution is 2.57. The van der Waals surface area contributed by atoms with Crippen molar-refractivity contribution in [3.63, 3.8) is 0 Å². The Labute approximate surface area is 115 Å². The molecule has 19 heavy (non-hydrogen) atoms. The van der Waals surface area contributed by atoms with E-state index in [2.05, 4.69) is 9.97 Å². The molecule has 4 aliphatic carbocycles. The van der Waals surface area contributed by atoms with Crippen molar-refractivity contribution in [1.82, 2.24) is 9.97 Å². The molecule has 0 atom stereocenters. The average Bonchev–Trinajstić information content (AvgIpc) is 2.39. The molecule has 4 fully saturated rings. The number of aryl methyl sites for hydroxylation is 1. The van der Waals surface area contributed by atoms with Gasteiger partial charge in [-0.1, -0.05) is 0 Å². The molecule has 5 rings (SSSR count). The van der Waals surface area contributed by atoms with Gasteiger partial charge in [0.1, 0.15) is 5.82 Å². The fourth-order valence-electron chi connectivity index (χ4n) is 5.30. The van der Waals surface area contributed by atoms with Gasteiger partial charge >= 0.3 is 0 Å². The highest BCUT2D eigenvalue weighted by atomic mass is 14.9. The second kappa shape index (κ2) is 4.46. The van der Waals surface area contributed by atoms with Gasteiger partial charge in [-0.15, -0.1) is 0 Å². The van der Waals surface area contributed by atoms with Gasteiger partial charge in [0, 0.05) is 6.42 Å². The fraction of sp³-hybridized carbons (Fsp3) is 0.750. The summed E-state index contributed by atoms with van der Waals surface area (Å²) in [7, 11) is 0. The topological polar surface area (TPSA) is 51.8 Å². The van der Waals surface area contributed by atoms with Crippen molar-refractivity contribution in [2.75, 3.05) is 5.73 Å². The minimum Gasteiger partial charge on any atom is -0.396 e. The molecule has 0 amide bonds. The first-order valence-corrected chi connectivity index (χ1v) is 7.84. The van der Waals surface area contributed by atoms with E-state index in [0.717, 1.165) is 41.8 Å². The average molecular weight is 257 g/mol. The Morgan fingerprint density at radius 3 is 2.11 bits per heavy atom. The molecule has 1 aromatic heterocycles. The van der Waals surface area contributed by atoms with E-state index in [1.54, 1.807) is 18.8 Å². The van der Waals surface area contributed by atoms with Crippen molar-refractivity contribution in [3.05, 3.63) is 18.2 Å². The fourth-order valence-corrected chi connectivity index (χ4v) is 5.30. The maximum absolute atomic E-state index is 5.64. The molecular weight excluding hydrogens is 234 g/mol. The van der Waals surface area contributed by atoms with Crippen LogP contribution in [0.25, 0.3) is 0 Å². The van der Waals surface area contributed by atoms with Gasteiger partial charge in [-0.05, 0) is 68.1 Å². The number of hydrogen-bond acceptors (Lipinski definition) is 3. The molecule has 4 aliphatic rings. The molecular formula is C16H23N3. The Kier molecular flexibility index (Phi) is 2.75. The predicted molar refractivity (Wildman–Crippen MR) is 75.3 cm³/mol. The van der Waals surface area contributed by atoms with Gasteiger partial charge < -0.3 is 5.73 Å². The van der Waals surface area contributed by atoms with Crippen molar-refractivity contribution in [3.8, 4) is 0 Å². The van der Waals surface area contributed by atoms with Crippen molar-refractivity contribution < 1.29 is 0 Å². The van der Waals surface area contributed by atoms with Crippen LogP contribution in [0.1, 0.15) is 44.3 Å².